The molecule has 1 saturated carbocycles. The van der Waals surface area contributed by atoms with Gasteiger partial charge in [0, 0.05) is 31.7 Å². The average molecular weight is 351 g/mol. The third-order valence-electron chi connectivity index (χ3n) is 4.26. The van der Waals surface area contributed by atoms with Crippen molar-refractivity contribution in [1.29, 1.82) is 0 Å². The number of nitrogens with zero attached hydrogens (tertiary/aromatic N) is 2. The molecule has 1 aromatic rings. The molecule has 2 rings (SSSR count). The van der Waals surface area contributed by atoms with Crippen LogP contribution in [-0.2, 0) is 11.3 Å². The summed E-state index contributed by atoms with van der Waals surface area (Å²) in [5.74, 6) is 0.716. The molecule has 6 heteroatoms. The van der Waals surface area contributed by atoms with Crippen LogP contribution in [0.25, 0.3) is 0 Å². The van der Waals surface area contributed by atoms with Crippen LogP contribution in [0.4, 0.5) is 0 Å². The van der Waals surface area contributed by atoms with Gasteiger partial charge >= 0.3 is 0 Å². The van der Waals surface area contributed by atoms with Gasteiger partial charge in [0.2, 0.25) is 5.91 Å². The number of carbonyl (C=O) groups excluding carboxylic acids is 1. The summed E-state index contributed by atoms with van der Waals surface area (Å²) in [7, 11) is 3.66. The molecule has 132 valence electrons. The number of rotatable bonds is 5. The first-order valence-electron chi connectivity index (χ1n) is 8.54. The largest absolute Gasteiger partial charge is 0.352 e. The third kappa shape index (κ3) is 6.04. The van der Waals surface area contributed by atoms with Crippen LogP contribution in [0.5, 0.6) is 0 Å². The van der Waals surface area contributed by atoms with Gasteiger partial charge in [-0.15, -0.1) is 0 Å². The molecule has 0 unspecified atom stereocenters. The van der Waals surface area contributed by atoms with E-state index in [0.717, 1.165) is 23.4 Å². The normalized spacial score (nSPS) is 15.9. The van der Waals surface area contributed by atoms with Crippen LogP contribution in [0.1, 0.15) is 37.7 Å². The molecule has 0 radical (unpaired) electrons. The minimum Gasteiger partial charge on any atom is -0.352 e. The third-order valence-corrected chi connectivity index (χ3v) is 4.49. The Morgan fingerprint density at radius 3 is 2.75 bits per heavy atom. The topological polar surface area (TPSA) is 56.7 Å². The summed E-state index contributed by atoms with van der Waals surface area (Å²) in [6.07, 6.45) is 5.89. The van der Waals surface area contributed by atoms with Crippen molar-refractivity contribution in [3.8, 4) is 0 Å². The monoisotopic (exact) mass is 350 g/mol. The molecule has 2 N–H and O–H groups in total. The van der Waals surface area contributed by atoms with Crippen LogP contribution in [0.2, 0.25) is 5.02 Å². The van der Waals surface area contributed by atoms with Gasteiger partial charge in [-0.2, -0.15) is 0 Å². The fraction of sp³-hybridized carbons (Fsp3) is 0.556. The number of carbonyl (C=O) groups is 1. The van der Waals surface area contributed by atoms with E-state index in [1.165, 1.54) is 19.3 Å². The highest BCUT2D eigenvalue weighted by atomic mass is 35.5. The van der Waals surface area contributed by atoms with Crippen molar-refractivity contribution in [2.45, 2.75) is 44.7 Å². The summed E-state index contributed by atoms with van der Waals surface area (Å²) < 4.78 is 0. The number of guanidine groups is 1. The van der Waals surface area contributed by atoms with Crippen LogP contribution < -0.4 is 10.6 Å². The first kappa shape index (κ1) is 18.6. The van der Waals surface area contributed by atoms with Crippen LogP contribution in [0.3, 0.4) is 0 Å². The van der Waals surface area contributed by atoms with Crippen molar-refractivity contribution in [2.75, 3.05) is 20.6 Å². The van der Waals surface area contributed by atoms with Crippen molar-refractivity contribution < 1.29 is 4.79 Å². The molecule has 5 nitrogen and oxygen atoms in total. The van der Waals surface area contributed by atoms with Crippen molar-refractivity contribution in [3.05, 3.63) is 34.9 Å². The van der Waals surface area contributed by atoms with Gasteiger partial charge in [0.15, 0.2) is 5.96 Å². The van der Waals surface area contributed by atoms with Crippen molar-refractivity contribution in [1.82, 2.24) is 15.5 Å². The maximum atomic E-state index is 12.1. The predicted octanol–water partition coefficient (Wildman–Crippen LogP) is 2.80. The molecule has 0 aromatic heterocycles. The van der Waals surface area contributed by atoms with Crippen LogP contribution in [0, 0.1) is 0 Å². The van der Waals surface area contributed by atoms with Gasteiger partial charge in [-0.25, -0.2) is 0 Å². The highest BCUT2D eigenvalue weighted by Gasteiger charge is 2.16. The summed E-state index contributed by atoms with van der Waals surface area (Å²) >= 11 is 6.02. The molecule has 0 saturated heterocycles. The minimum atomic E-state index is 0.0270. The lowest BCUT2D eigenvalue weighted by molar-refractivity contribution is -0.120. The number of amides is 1. The Bertz CT molecular complexity index is 570. The van der Waals surface area contributed by atoms with Crippen molar-refractivity contribution >= 4 is 23.5 Å². The molecular weight excluding hydrogens is 324 g/mol. The molecule has 1 aromatic carbocycles. The second-order valence-corrected chi connectivity index (χ2v) is 6.73. The van der Waals surface area contributed by atoms with E-state index in [-0.39, 0.29) is 12.5 Å². The van der Waals surface area contributed by atoms with Crippen LogP contribution in [0.15, 0.2) is 29.3 Å². The van der Waals surface area contributed by atoms with Gasteiger partial charge in [-0.05, 0) is 30.5 Å². The first-order chi connectivity index (χ1) is 11.6. The number of benzene rings is 1. The molecule has 0 aliphatic heterocycles. The summed E-state index contributed by atoms with van der Waals surface area (Å²) in [5, 5.41) is 6.94. The van der Waals surface area contributed by atoms with Crippen LogP contribution in [-0.4, -0.2) is 43.4 Å². The highest BCUT2D eigenvalue weighted by Crippen LogP contribution is 2.17. The fourth-order valence-electron chi connectivity index (χ4n) is 3.05. The summed E-state index contributed by atoms with van der Waals surface area (Å²) in [6.45, 7) is 0.910. The zero-order chi connectivity index (χ0) is 17.4. The van der Waals surface area contributed by atoms with Crippen LogP contribution >= 0.6 is 11.6 Å². The minimum absolute atomic E-state index is 0.0270. The number of nitrogens with one attached hydrogen (secondary N) is 2. The van der Waals surface area contributed by atoms with E-state index in [0.29, 0.717) is 18.5 Å². The van der Waals surface area contributed by atoms with Gasteiger partial charge in [-0.1, -0.05) is 43.0 Å². The summed E-state index contributed by atoms with van der Waals surface area (Å²) in [4.78, 5) is 18.3. The lowest BCUT2D eigenvalue weighted by Gasteiger charge is -2.24. The fourth-order valence-corrected chi connectivity index (χ4v) is 3.27. The number of hydrogen-bond donors (Lipinski definition) is 2. The molecule has 0 spiro atoms. The lowest BCUT2D eigenvalue weighted by Crippen LogP contribution is -2.46. The molecule has 1 fully saturated rings. The SMILES string of the molecule is CN=C(NCC(=O)NC1CCCCC1)N(C)Cc1cccc(Cl)c1. The molecule has 0 heterocycles. The Labute approximate surface area is 149 Å². The molecule has 1 aliphatic carbocycles. The van der Waals surface area contributed by atoms with Gasteiger partial charge in [0.1, 0.15) is 0 Å². The van der Waals surface area contributed by atoms with E-state index >= 15 is 0 Å². The van der Waals surface area contributed by atoms with Crippen molar-refractivity contribution in [3.63, 3.8) is 0 Å². The van der Waals surface area contributed by atoms with E-state index in [1.807, 2.05) is 36.2 Å². The van der Waals surface area contributed by atoms with E-state index in [2.05, 4.69) is 15.6 Å². The zero-order valence-corrected chi connectivity index (χ0v) is 15.3. The van der Waals surface area contributed by atoms with Gasteiger partial charge in [-0.3, -0.25) is 9.79 Å². The summed E-state index contributed by atoms with van der Waals surface area (Å²) in [5.41, 5.74) is 1.10. The Hall–Kier alpha value is -1.75. The Balaban J connectivity index is 1.79. The van der Waals surface area contributed by atoms with Crippen molar-refractivity contribution in [2.24, 2.45) is 4.99 Å². The smallest absolute Gasteiger partial charge is 0.239 e. The molecule has 24 heavy (non-hydrogen) atoms. The van der Waals surface area contributed by atoms with Gasteiger partial charge in [0.25, 0.3) is 0 Å². The predicted molar refractivity (Wildman–Crippen MR) is 99.3 cm³/mol. The number of aliphatic imine (C=N–C) groups is 1. The van der Waals surface area contributed by atoms with E-state index in [4.69, 9.17) is 11.6 Å². The maximum Gasteiger partial charge on any atom is 0.239 e. The number of hydrogen-bond acceptors (Lipinski definition) is 2. The lowest BCUT2D eigenvalue weighted by atomic mass is 9.95. The molecule has 0 bridgehead atoms. The molecule has 0 atom stereocenters. The van der Waals surface area contributed by atoms with Gasteiger partial charge in [0.05, 0.1) is 6.54 Å². The molecular formula is C18H27ClN4O. The van der Waals surface area contributed by atoms with E-state index in [1.54, 1.807) is 7.05 Å². The highest BCUT2D eigenvalue weighted by molar-refractivity contribution is 6.30. The quantitative estimate of drug-likeness (QED) is 0.634. The standard InChI is InChI=1S/C18H27ClN4O/c1-20-18(23(2)13-14-7-6-8-15(19)11-14)21-12-17(24)22-16-9-4-3-5-10-16/h6-8,11,16H,3-5,9-10,12-13H2,1-2H3,(H,20,21)(H,22,24). The average Bonchev–Trinajstić information content (AvgIpc) is 2.56. The molecule has 1 aliphatic rings. The summed E-state index contributed by atoms with van der Waals surface area (Å²) in [6, 6.07) is 8.07. The van der Waals surface area contributed by atoms with E-state index < -0.39 is 0 Å². The Kier molecular flexibility index (Phi) is 7.37. The van der Waals surface area contributed by atoms with Gasteiger partial charge < -0.3 is 15.5 Å². The first-order valence-corrected chi connectivity index (χ1v) is 8.92. The zero-order valence-electron chi connectivity index (χ0n) is 14.5. The number of halogens is 1. The second-order valence-electron chi connectivity index (χ2n) is 6.29. The van der Waals surface area contributed by atoms with E-state index in [9.17, 15) is 4.79 Å². The Morgan fingerprint density at radius 1 is 1.33 bits per heavy atom. The molecule has 1 amide bonds. The second kappa shape index (κ2) is 9.52. The Morgan fingerprint density at radius 2 is 2.08 bits per heavy atom. The maximum absolute atomic E-state index is 12.1.